The Morgan fingerprint density at radius 1 is 0.903 bits per heavy atom. The molecular weight excluding hydrogens is 436 g/mol. The van der Waals surface area contributed by atoms with Crippen molar-refractivity contribution < 1.29 is 48.0 Å². The van der Waals surface area contributed by atoms with E-state index in [1.54, 1.807) is 0 Å². The van der Waals surface area contributed by atoms with E-state index in [0.717, 1.165) is 27.7 Å². The average molecular weight is 459 g/mol. The van der Waals surface area contributed by atoms with Crippen LogP contribution in [0.3, 0.4) is 0 Å². The van der Waals surface area contributed by atoms with Gasteiger partial charge in [0.05, 0.1) is 0 Å². The predicted molar refractivity (Wildman–Crippen MR) is 104 cm³/mol. The van der Waals surface area contributed by atoms with E-state index in [9.17, 15) is 24.3 Å². The quantitative estimate of drug-likeness (QED) is 0.490. The summed E-state index contributed by atoms with van der Waals surface area (Å²) >= 11 is 5.92. The summed E-state index contributed by atoms with van der Waals surface area (Å²) in [5.41, 5.74) is 0.106. The number of rotatable bonds is 6. The van der Waals surface area contributed by atoms with Crippen molar-refractivity contribution in [1.29, 1.82) is 0 Å². The lowest BCUT2D eigenvalue weighted by Crippen LogP contribution is -2.66. The second kappa shape index (κ2) is 10.1. The number of aliphatic hydroxyl groups is 1. The van der Waals surface area contributed by atoms with Gasteiger partial charge >= 0.3 is 23.9 Å². The maximum absolute atomic E-state index is 11.8. The zero-order valence-electron chi connectivity index (χ0n) is 17.3. The summed E-state index contributed by atoms with van der Waals surface area (Å²) in [7, 11) is 0. The van der Waals surface area contributed by atoms with Gasteiger partial charge < -0.3 is 28.8 Å². The summed E-state index contributed by atoms with van der Waals surface area (Å²) in [5.74, 6) is -5.41. The molecule has 1 aromatic carbocycles. The predicted octanol–water partition coefficient (Wildman–Crippen LogP) is 1.24. The van der Waals surface area contributed by atoms with Crippen LogP contribution in [0.2, 0.25) is 5.02 Å². The molecule has 1 fully saturated rings. The van der Waals surface area contributed by atoms with Crippen LogP contribution < -0.4 is 0 Å². The average Bonchev–Trinajstić information content (AvgIpc) is 2.65. The first-order chi connectivity index (χ1) is 14.4. The third-order valence-electron chi connectivity index (χ3n) is 4.31. The fraction of sp³-hybridized carbons (Fsp3) is 0.500. The van der Waals surface area contributed by atoms with Crippen LogP contribution in [0.25, 0.3) is 0 Å². The molecule has 0 radical (unpaired) electrons. The Morgan fingerprint density at radius 3 is 1.90 bits per heavy atom. The van der Waals surface area contributed by atoms with Gasteiger partial charge in [-0.2, -0.15) is 0 Å². The van der Waals surface area contributed by atoms with Crippen LogP contribution in [0.1, 0.15) is 33.3 Å². The first-order valence-electron chi connectivity index (χ1n) is 9.25. The highest BCUT2D eigenvalue weighted by Crippen LogP contribution is 2.41. The molecule has 0 bridgehead atoms. The van der Waals surface area contributed by atoms with Gasteiger partial charge in [-0.05, 0) is 12.1 Å². The second-order valence-corrected chi connectivity index (χ2v) is 7.28. The zero-order chi connectivity index (χ0) is 23.3. The normalized spacial score (nSPS) is 27.7. The van der Waals surface area contributed by atoms with Crippen molar-refractivity contribution in [1.82, 2.24) is 0 Å². The third-order valence-corrected chi connectivity index (χ3v) is 4.56. The Hall–Kier alpha value is -2.69. The molecule has 1 saturated heterocycles. The van der Waals surface area contributed by atoms with Gasteiger partial charge in [0.15, 0.2) is 12.2 Å². The van der Waals surface area contributed by atoms with Crippen molar-refractivity contribution in [2.75, 3.05) is 6.61 Å². The fourth-order valence-electron chi connectivity index (χ4n) is 3.20. The van der Waals surface area contributed by atoms with Gasteiger partial charge in [0.25, 0.3) is 0 Å². The minimum absolute atomic E-state index is 0.106. The molecule has 1 aliphatic rings. The van der Waals surface area contributed by atoms with Crippen molar-refractivity contribution in [3.8, 4) is 0 Å². The smallest absolute Gasteiger partial charge is 0.303 e. The fourth-order valence-corrected chi connectivity index (χ4v) is 3.33. The molecule has 0 saturated carbocycles. The summed E-state index contributed by atoms with van der Waals surface area (Å²) in [6, 6.07) is 5.75. The number of halogens is 1. The highest BCUT2D eigenvalue weighted by atomic mass is 35.5. The van der Waals surface area contributed by atoms with E-state index < -0.39 is 60.7 Å². The molecule has 170 valence electrons. The van der Waals surface area contributed by atoms with Gasteiger partial charge in [0.1, 0.15) is 12.7 Å². The minimum atomic E-state index is -2.36. The van der Waals surface area contributed by atoms with Gasteiger partial charge in [-0.3, -0.25) is 19.2 Å². The van der Waals surface area contributed by atoms with E-state index in [1.165, 1.54) is 24.3 Å². The molecule has 1 aromatic rings. The van der Waals surface area contributed by atoms with Gasteiger partial charge in [0, 0.05) is 38.3 Å². The highest BCUT2D eigenvalue weighted by molar-refractivity contribution is 6.30. The SMILES string of the molecule is CC(=O)OC[C@H]1O[C@](O)(c2ccc(Cl)cc2)[C@H](OC(C)=O)[C@@H](OC(C)=O)[C@@H]1OC(C)=O. The Bertz CT molecular complexity index is 839. The summed E-state index contributed by atoms with van der Waals surface area (Å²) in [5, 5.41) is 11.9. The first kappa shape index (κ1) is 24.6. The van der Waals surface area contributed by atoms with Crippen molar-refractivity contribution in [2.24, 2.45) is 0 Å². The largest absolute Gasteiger partial charge is 0.463 e. The number of hydrogen-bond donors (Lipinski definition) is 1. The molecule has 31 heavy (non-hydrogen) atoms. The van der Waals surface area contributed by atoms with E-state index in [0.29, 0.717) is 5.02 Å². The van der Waals surface area contributed by atoms with Crippen LogP contribution in [0.5, 0.6) is 0 Å². The number of carbonyl (C=O) groups excluding carboxylic acids is 4. The summed E-state index contributed by atoms with van der Waals surface area (Å²) in [6.07, 6.45) is -5.75. The van der Waals surface area contributed by atoms with E-state index in [1.807, 2.05) is 0 Å². The molecule has 0 amide bonds. The maximum atomic E-state index is 11.8. The molecule has 0 spiro atoms. The topological polar surface area (TPSA) is 135 Å². The van der Waals surface area contributed by atoms with Crippen LogP contribution >= 0.6 is 11.6 Å². The van der Waals surface area contributed by atoms with E-state index in [4.69, 9.17) is 35.3 Å². The van der Waals surface area contributed by atoms with Crippen LogP contribution in [0.15, 0.2) is 24.3 Å². The van der Waals surface area contributed by atoms with Crippen LogP contribution in [-0.2, 0) is 48.6 Å². The summed E-state index contributed by atoms with van der Waals surface area (Å²) < 4.78 is 26.6. The number of benzene rings is 1. The minimum Gasteiger partial charge on any atom is -0.463 e. The molecule has 1 aliphatic heterocycles. The van der Waals surface area contributed by atoms with E-state index >= 15 is 0 Å². The molecule has 10 nitrogen and oxygen atoms in total. The molecular formula is C20H23ClO10. The maximum Gasteiger partial charge on any atom is 0.303 e. The molecule has 1 N–H and O–H groups in total. The third kappa shape index (κ3) is 6.16. The Kier molecular flexibility index (Phi) is 7.99. The van der Waals surface area contributed by atoms with Gasteiger partial charge in [-0.25, -0.2) is 0 Å². The summed E-state index contributed by atoms with van der Waals surface area (Å²) in [6.45, 7) is 3.98. The molecule has 5 atom stereocenters. The van der Waals surface area contributed by atoms with Crippen molar-refractivity contribution in [2.45, 2.75) is 57.9 Å². The van der Waals surface area contributed by atoms with Crippen molar-refractivity contribution in [3.05, 3.63) is 34.9 Å². The van der Waals surface area contributed by atoms with Gasteiger partial charge in [-0.1, -0.05) is 23.7 Å². The Morgan fingerprint density at radius 2 is 1.42 bits per heavy atom. The lowest BCUT2D eigenvalue weighted by Gasteiger charge is -2.48. The van der Waals surface area contributed by atoms with Gasteiger partial charge in [-0.15, -0.1) is 0 Å². The van der Waals surface area contributed by atoms with Crippen LogP contribution in [0, 0.1) is 0 Å². The molecule has 0 aromatic heterocycles. The lowest BCUT2D eigenvalue weighted by atomic mass is 9.87. The first-order valence-corrected chi connectivity index (χ1v) is 9.63. The molecule has 0 aliphatic carbocycles. The van der Waals surface area contributed by atoms with Crippen molar-refractivity contribution in [3.63, 3.8) is 0 Å². The molecule has 1 heterocycles. The second-order valence-electron chi connectivity index (χ2n) is 6.84. The van der Waals surface area contributed by atoms with E-state index in [2.05, 4.69) is 0 Å². The summed E-state index contributed by atoms with van der Waals surface area (Å²) in [4.78, 5) is 46.7. The Balaban J connectivity index is 2.62. The monoisotopic (exact) mass is 458 g/mol. The van der Waals surface area contributed by atoms with E-state index in [-0.39, 0.29) is 5.56 Å². The van der Waals surface area contributed by atoms with Crippen LogP contribution in [-0.4, -0.2) is 60.0 Å². The molecule has 11 heteroatoms. The molecule has 2 rings (SSSR count). The standard InChI is InChI=1S/C20H23ClO10/c1-10(22)27-9-16-17(28-11(2)23)18(29-12(3)24)19(30-13(4)25)20(26,31-16)14-5-7-15(21)8-6-14/h5-8,16-19,26H,9H2,1-4H3/t16-,17-,18+,19-,20-/m1/s1. The lowest BCUT2D eigenvalue weighted by molar-refractivity contribution is -0.360. The Labute approximate surface area is 183 Å². The molecule has 0 unspecified atom stereocenters. The number of hydrogen-bond acceptors (Lipinski definition) is 10. The van der Waals surface area contributed by atoms with Gasteiger partial charge in [0.2, 0.25) is 11.9 Å². The van der Waals surface area contributed by atoms with Crippen molar-refractivity contribution >= 4 is 35.5 Å². The zero-order valence-corrected chi connectivity index (χ0v) is 18.1. The number of ether oxygens (including phenoxy) is 5. The number of esters is 4. The highest BCUT2D eigenvalue weighted by Gasteiger charge is 2.60. The number of carbonyl (C=O) groups is 4. The van der Waals surface area contributed by atoms with Crippen LogP contribution in [0.4, 0.5) is 0 Å².